The zero-order valence-corrected chi connectivity index (χ0v) is 17.9. The molecule has 0 spiro atoms. The largest absolute Gasteiger partial charge is 0.494 e. The van der Waals surface area contributed by atoms with E-state index >= 15 is 0 Å². The highest BCUT2D eigenvalue weighted by Crippen LogP contribution is 2.33. The van der Waals surface area contributed by atoms with E-state index in [1.165, 1.54) is 24.0 Å². The van der Waals surface area contributed by atoms with Crippen LogP contribution in [0.2, 0.25) is 10.0 Å². The Balaban J connectivity index is 1.73. The number of ether oxygens (including phenoxy) is 1. The Morgan fingerprint density at radius 3 is 2.47 bits per heavy atom. The van der Waals surface area contributed by atoms with Crippen LogP contribution in [-0.4, -0.2) is 23.8 Å². The molecule has 0 aliphatic carbocycles. The van der Waals surface area contributed by atoms with Crippen LogP contribution in [0.1, 0.15) is 27.0 Å². The van der Waals surface area contributed by atoms with Crippen LogP contribution in [-0.2, 0) is 6.54 Å². The first-order chi connectivity index (χ1) is 14.4. The fourth-order valence-electron chi connectivity index (χ4n) is 2.80. The number of aryl methyl sites for hydroxylation is 1. The van der Waals surface area contributed by atoms with Crippen LogP contribution in [0.4, 0.5) is 0 Å². The van der Waals surface area contributed by atoms with Gasteiger partial charge in [-0.1, -0.05) is 53.0 Å². The molecule has 0 atom stereocenters. The van der Waals surface area contributed by atoms with Crippen LogP contribution < -0.4 is 15.7 Å². The summed E-state index contributed by atoms with van der Waals surface area (Å²) in [5.74, 6) is -0.252. The van der Waals surface area contributed by atoms with Gasteiger partial charge < -0.3 is 9.30 Å². The van der Waals surface area contributed by atoms with Gasteiger partial charge in [-0.25, -0.2) is 5.43 Å². The molecule has 0 saturated carbocycles. The Kier molecular flexibility index (Phi) is 6.92. The van der Waals surface area contributed by atoms with E-state index in [-0.39, 0.29) is 5.56 Å². The standard InChI is InChI=1S/C22H19Cl2N3O3/c1-14-5-7-15(8-6-14)13-27-9-3-4-17(22(27)29)21(28)26-25-12-16-10-18(23)20(30-2)19(24)11-16/h3-12H,13H2,1-2H3,(H,26,28)/b25-12-. The number of nitrogens with zero attached hydrogens (tertiary/aromatic N) is 2. The van der Waals surface area contributed by atoms with Crippen molar-refractivity contribution in [3.05, 3.63) is 97.4 Å². The summed E-state index contributed by atoms with van der Waals surface area (Å²) >= 11 is 12.2. The van der Waals surface area contributed by atoms with Crippen LogP contribution >= 0.6 is 23.2 Å². The van der Waals surface area contributed by atoms with Crippen molar-refractivity contribution in [1.82, 2.24) is 9.99 Å². The molecule has 0 fully saturated rings. The van der Waals surface area contributed by atoms with Crippen molar-refractivity contribution in [2.24, 2.45) is 5.10 Å². The Morgan fingerprint density at radius 1 is 1.17 bits per heavy atom. The summed E-state index contributed by atoms with van der Waals surface area (Å²) in [4.78, 5) is 25.1. The van der Waals surface area contributed by atoms with E-state index in [9.17, 15) is 9.59 Å². The molecular weight excluding hydrogens is 425 g/mol. The summed E-state index contributed by atoms with van der Waals surface area (Å²) in [6.07, 6.45) is 3.02. The molecule has 154 valence electrons. The lowest BCUT2D eigenvalue weighted by Crippen LogP contribution is -2.30. The van der Waals surface area contributed by atoms with Crippen LogP contribution in [0, 0.1) is 6.92 Å². The number of halogens is 2. The maximum atomic E-state index is 12.7. The van der Waals surface area contributed by atoms with Crippen LogP contribution in [0.3, 0.4) is 0 Å². The van der Waals surface area contributed by atoms with Crippen molar-refractivity contribution in [2.45, 2.75) is 13.5 Å². The van der Waals surface area contributed by atoms with Gasteiger partial charge in [-0.05, 0) is 42.3 Å². The van der Waals surface area contributed by atoms with Crippen molar-refractivity contribution in [2.75, 3.05) is 7.11 Å². The molecule has 0 bridgehead atoms. The number of hydrazone groups is 1. The molecule has 0 radical (unpaired) electrons. The van der Waals surface area contributed by atoms with Crippen molar-refractivity contribution < 1.29 is 9.53 Å². The Morgan fingerprint density at radius 2 is 1.83 bits per heavy atom. The van der Waals surface area contributed by atoms with Crippen LogP contribution in [0.5, 0.6) is 5.75 Å². The molecule has 1 N–H and O–H groups in total. The van der Waals surface area contributed by atoms with Crippen molar-refractivity contribution in [1.29, 1.82) is 0 Å². The highest BCUT2D eigenvalue weighted by Gasteiger charge is 2.12. The van der Waals surface area contributed by atoms with Gasteiger partial charge in [-0.3, -0.25) is 9.59 Å². The molecule has 2 aromatic carbocycles. The monoisotopic (exact) mass is 443 g/mol. The molecule has 1 amide bonds. The number of carbonyl (C=O) groups excluding carboxylic acids is 1. The topological polar surface area (TPSA) is 72.7 Å². The van der Waals surface area contributed by atoms with E-state index in [4.69, 9.17) is 27.9 Å². The minimum absolute atomic E-state index is 0.00689. The van der Waals surface area contributed by atoms with E-state index in [0.29, 0.717) is 27.9 Å². The lowest BCUT2D eigenvalue weighted by Gasteiger charge is -2.08. The van der Waals surface area contributed by atoms with E-state index in [1.54, 1.807) is 24.4 Å². The molecule has 0 aliphatic heterocycles. The molecular formula is C22H19Cl2N3O3. The van der Waals surface area contributed by atoms with Crippen molar-refractivity contribution in [3.8, 4) is 5.75 Å². The molecule has 0 aliphatic rings. The van der Waals surface area contributed by atoms with Gasteiger partial charge in [0.05, 0.1) is 29.9 Å². The van der Waals surface area contributed by atoms with Crippen molar-refractivity contribution in [3.63, 3.8) is 0 Å². The zero-order chi connectivity index (χ0) is 21.7. The van der Waals surface area contributed by atoms with E-state index in [1.807, 2.05) is 31.2 Å². The normalized spacial score (nSPS) is 10.9. The van der Waals surface area contributed by atoms with Gasteiger partial charge in [0.2, 0.25) is 0 Å². The number of amides is 1. The number of carbonyl (C=O) groups is 1. The van der Waals surface area contributed by atoms with Gasteiger partial charge in [-0.2, -0.15) is 5.10 Å². The Labute approximate surface area is 183 Å². The third-order valence-corrected chi connectivity index (χ3v) is 4.90. The van der Waals surface area contributed by atoms with Gasteiger partial charge in [-0.15, -0.1) is 0 Å². The van der Waals surface area contributed by atoms with E-state index in [0.717, 1.165) is 11.1 Å². The summed E-state index contributed by atoms with van der Waals surface area (Å²) in [6.45, 7) is 2.36. The Hall–Kier alpha value is -3.09. The summed E-state index contributed by atoms with van der Waals surface area (Å²) in [6, 6.07) is 14.1. The number of benzene rings is 2. The third kappa shape index (κ3) is 5.09. The summed E-state index contributed by atoms with van der Waals surface area (Å²) < 4.78 is 6.57. The number of hydrogen-bond acceptors (Lipinski definition) is 4. The average molecular weight is 444 g/mol. The number of rotatable bonds is 6. The highest BCUT2D eigenvalue weighted by atomic mass is 35.5. The number of methoxy groups -OCH3 is 1. The molecule has 1 heterocycles. The van der Waals surface area contributed by atoms with Gasteiger partial charge in [0, 0.05) is 6.20 Å². The van der Waals surface area contributed by atoms with E-state index < -0.39 is 11.5 Å². The third-order valence-electron chi connectivity index (χ3n) is 4.34. The SMILES string of the molecule is COc1c(Cl)cc(/C=N\NC(=O)c2cccn(Cc3ccc(C)cc3)c2=O)cc1Cl. The smallest absolute Gasteiger partial charge is 0.276 e. The first-order valence-corrected chi connectivity index (χ1v) is 9.76. The fraction of sp³-hybridized carbons (Fsp3) is 0.136. The second-order valence-corrected chi connectivity index (χ2v) is 7.37. The summed E-state index contributed by atoms with van der Waals surface area (Å²) in [5, 5.41) is 4.53. The predicted molar refractivity (Wildman–Crippen MR) is 119 cm³/mol. The minimum atomic E-state index is -0.611. The van der Waals surface area contributed by atoms with Crippen LogP contribution in [0.15, 0.2) is 64.6 Å². The zero-order valence-electron chi connectivity index (χ0n) is 16.4. The summed E-state index contributed by atoms with van der Waals surface area (Å²) in [7, 11) is 1.46. The fourth-order valence-corrected chi connectivity index (χ4v) is 3.46. The maximum absolute atomic E-state index is 12.7. The number of aromatic nitrogens is 1. The number of pyridine rings is 1. The minimum Gasteiger partial charge on any atom is -0.494 e. The summed E-state index contributed by atoms with van der Waals surface area (Å²) in [5.41, 5.74) is 4.61. The molecule has 6 nitrogen and oxygen atoms in total. The predicted octanol–water partition coefficient (Wildman–Crippen LogP) is 4.28. The molecule has 1 aromatic heterocycles. The Bertz CT molecular complexity index is 1130. The van der Waals surface area contributed by atoms with Crippen LogP contribution in [0.25, 0.3) is 0 Å². The number of nitrogens with one attached hydrogen (secondary N) is 1. The second-order valence-electron chi connectivity index (χ2n) is 6.56. The first-order valence-electron chi connectivity index (χ1n) is 9.00. The van der Waals surface area contributed by atoms with Gasteiger partial charge in [0.25, 0.3) is 11.5 Å². The molecule has 3 rings (SSSR count). The molecule has 3 aromatic rings. The lowest BCUT2D eigenvalue weighted by molar-refractivity contribution is 0.0953. The molecule has 0 saturated heterocycles. The maximum Gasteiger partial charge on any atom is 0.276 e. The van der Waals surface area contributed by atoms with Gasteiger partial charge in [0.1, 0.15) is 5.56 Å². The van der Waals surface area contributed by atoms with Gasteiger partial charge >= 0.3 is 0 Å². The second kappa shape index (κ2) is 9.61. The van der Waals surface area contributed by atoms with Crippen molar-refractivity contribution >= 4 is 35.3 Å². The van der Waals surface area contributed by atoms with Gasteiger partial charge in [0.15, 0.2) is 5.75 Å². The number of hydrogen-bond donors (Lipinski definition) is 1. The average Bonchev–Trinajstić information content (AvgIpc) is 2.71. The quantitative estimate of drug-likeness (QED) is 0.456. The molecule has 30 heavy (non-hydrogen) atoms. The lowest BCUT2D eigenvalue weighted by atomic mass is 10.1. The molecule has 0 unspecified atom stereocenters. The first kappa shape index (κ1) is 21.6. The molecule has 8 heteroatoms. The van der Waals surface area contributed by atoms with E-state index in [2.05, 4.69) is 10.5 Å². The highest BCUT2D eigenvalue weighted by molar-refractivity contribution is 6.37.